The monoisotopic (exact) mass is 322 g/mol. The van der Waals surface area contributed by atoms with Crippen molar-refractivity contribution in [2.45, 2.75) is 39.0 Å². The molecule has 0 aliphatic carbocycles. The number of hydrogen-bond donors (Lipinski definition) is 0. The van der Waals surface area contributed by atoms with Gasteiger partial charge in [-0.1, -0.05) is 66.7 Å². The first-order valence-corrected chi connectivity index (χ1v) is 8.73. The van der Waals surface area contributed by atoms with Crippen LogP contribution in [0.15, 0.2) is 72.3 Å². The summed E-state index contributed by atoms with van der Waals surface area (Å²) >= 11 is 0. The molecule has 126 valence electrons. The maximum atomic E-state index is 12.1. The normalized spacial score (nSPS) is 11.3. The molecule has 0 saturated heterocycles. The van der Waals surface area contributed by atoms with Crippen LogP contribution in [-0.2, 0) is 22.4 Å². The molecule has 0 aliphatic rings. The Morgan fingerprint density at radius 1 is 0.917 bits per heavy atom. The van der Waals surface area contributed by atoms with Crippen LogP contribution in [0.25, 0.3) is 0 Å². The van der Waals surface area contributed by atoms with Crippen LogP contribution in [0.4, 0.5) is 0 Å². The number of ether oxygens (including phenoxy) is 1. The number of benzene rings is 2. The van der Waals surface area contributed by atoms with Crippen molar-refractivity contribution in [2.75, 3.05) is 6.61 Å². The van der Waals surface area contributed by atoms with Crippen LogP contribution < -0.4 is 0 Å². The smallest absolute Gasteiger partial charge is 0.333 e. The van der Waals surface area contributed by atoms with Gasteiger partial charge >= 0.3 is 5.97 Å². The van der Waals surface area contributed by atoms with Crippen molar-refractivity contribution in [2.24, 2.45) is 0 Å². The van der Waals surface area contributed by atoms with Gasteiger partial charge in [-0.3, -0.25) is 0 Å². The molecule has 2 aromatic rings. The van der Waals surface area contributed by atoms with Crippen LogP contribution in [0.1, 0.15) is 37.3 Å². The second-order valence-electron chi connectivity index (χ2n) is 5.81. The zero-order valence-electron chi connectivity index (χ0n) is 14.4. The molecule has 0 aromatic heterocycles. The fraction of sp³-hybridized carbons (Fsp3) is 0.318. The summed E-state index contributed by atoms with van der Waals surface area (Å²) in [7, 11) is 0. The van der Waals surface area contributed by atoms with E-state index in [0.717, 1.165) is 37.7 Å². The van der Waals surface area contributed by atoms with Crippen molar-refractivity contribution in [3.05, 3.63) is 83.4 Å². The van der Waals surface area contributed by atoms with E-state index >= 15 is 0 Å². The van der Waals surface area contributed by atoms with Crippen LogP contribution in [0.5, 0.6) is 0 Å². The van der Waals surface area contributed by atoms with Crippen molar-refractivity contribution in [3.63, 3.8) is 0 Å². The molecule has 0 radical (unpaired) electrons. The first kappa shape index (κ1) is 18.0. The highest BCUT2D eigenvalue weighted by atomic mass is 16.5. The third-order valence-corrected chi connectivity index (χ3v) is 3.96. The topological polar surface area (TPSA) is 26.3 Å². The molecule has 0 fully saturated rings. The average molecular weight is 322 g/mol. The average Bonchev–Trinajstić information content (AvgIpc) is 2.62. The van der Waals surface area contributed by atoms with E-state index in [-0.39, 0.29) is 5.97 Å². The predicted octanol–water partition coefficient (Wildman–Crippen LogP) is 5.13. The molecule has 0 aliphatic heterocycles. The van der Waals surface area contributed by atoms with Crippen LogP contribution in [0.2, 0.25) is 0 Å². The molecule has 2 heteroatoms. The largest absolute Gasteiger partial charge is 0.463 e. The lowest BCUT2D eigenvalue weighted by atomic mass is 10.0. The van der Waals surface area contributed by atoms with E-state index in [2.05, 4.69) is 42.5 Å². The number of rotatable bonds is 9. The van der Waals surface area contributed by atoms with Gasteiger partial charge in [0.05, 0.1) is 6.61 Å². The van der Waals surface area contributed by atoms with Gasteiger partial charge in [0.1, 0.15) is 0 Å². The van der Waals surface area contributed by atoms with Gasteiger partial charge in [0, 0.05) is 5.57 Å². The van der Waals surface area contributed by atoms with Crippen molar-refractivity contribution >= 4 is 5.97 Å². The van der Waals surface area contributed by atoms with Gasteiger partial charge in [-0.15, -0.1) is 0 Å². The molecule has 0 N–H and O–H groups in total. The zero-order valence-corrected chi connectivity index (χ0v) is 14.4. The molecule has 0 spiro atoms. The number of carbonyl (C=O) groups is 1. The molecular weight excluding hydrogens is 296 g/mol. The maximum Gasteiger partial charge on any atom is 0.333 e. The minimum absolute atomic E-state index is 0.168. The quantitative estimate of drug-likeness (QED) is 0.472. The summed E-state index contributed by atoms with van der Waals surface area (Å²) in [6, 6.07) is 20.7. The summed E-state index contributed by atoms with van der Waals surface area (Å²) in [5, 5.41) is 0. The summed E-state index contributed by atoms with van der Waals surface area (Å²) < 4.78 is 5.20. The highest BCUT2D eigenvalue weighted by Gasteiger charge is 2.10. The van der Waals surface area contributed by atoms with Crippen LogP contribution >= 0.6 is 0 Å². The van der Waals surface area contributed by atoms with E-state index in [1.54, 1.807) is 0 Å². The fourth-order valence-corrected chi connectivity index (χ4v) is 2.70. The van der Waals surface area contributed by atoms with Crippen LogP contribution in [-0.4, -0.2) is 12.6 Å². The molecule has 0 bridgehead atoms. The summed E-state index contributed by atoms with van der Waals surface area (Å²) in [6.07, 6.45) is 6.57. The molecule has 2 nitrogen and oxygen atoms in total. The second-order valence-corrected chi connectivity index (χ2v) is 5.81. The van der Waals surface area contributed by atoms with Crippen molar-refractivity contribution < 1.29 is 9.53 Å². The molecule has 0 amide bonds. The van der Waals surface area contributed by atoms with Gasteiger partial charge in [-0.25, -0.2) is 4.79 Å². The Morgan fingerprint density at radius 2 is 1.50 bits per heavy atom. The minimum Gasteiger partial charge on any atom is -0.463 e. The van der Waals surface area contributed by atoms with Gasteiger partial charge in [-0.05, 0) is 50.2 Å². The van der Waals surface area contributed by atoms with E-state index in [9.17, 15) is 4.79 Å². The van der Waals surface area contributed by atoms with E-state index in [4.69, 9.17) is 4.74 Å². The van der Waals surface area contributed by atoms with Crippen molar-refractivity contribution in [3.8, 4) is 0 Å². The Bertz CT molecular complexity index is 630. The number of aryl methyl sites for hydroxylation is 2. The Kier molecular flexibility index (Phi) is 7.82. The molecule has 2 aromatic carbocycles. The highest BCUT2D eigenvalue weighted by Crippen LogP contribution is 2.14. The van der Waals surface area contributed by atoms with Crippen molar-refractivity contribution in [1.29, 1.82) is 0 Å². The first-order valence-electron chi connectivity index (χ1n) is 8.73. The number of allylic oxidation sites excluding steroid dienone is 1. The lowest BCUT2D eigenvalue weighted by molar-refractivity contribution is -0.138. The lowest BCUT2D eigenvalue weighted by Gasteiger charge is -2.08. The number of carbonyl (C=O) groups excluding carboxylic acids is 1. The molecule has 0 atom stereocenters. The molecule has 2 rings (SSSR count). The minimum atomic E-state index is -0.168. The van der Waals surface area contributed by atoms with E-state index in [0.29, 0.717) is 6.61 Å². The summed E-state index contributed by atoms with van der Waals surface area (Å²) in [5.74, 6) is -0.168. The van der Waals surface area contributed by atoms with Gasteiger partial charge in [0.2, 0.25) is 0 Å². The zero-order chi connectivity index (χ0) is 17.0. The fourth-order valence-electron chi connectivity index (χ4n) is 2.70. The van der Waals surface area contributed by atoms with Gasteiger partial charge < -0.3 is 4.74 Å². The predicted molar refractivity (Wildman–Crippen MR) is 98.9 cm³/mol. The molecule has 24 heavy (non-hydrogen) atoms. The lowest BCUT2D eigenvalue weighted by Crippen LogP contribution is -2.08. The summed E-state index contributed by atoms with van der Waals surface area (Å²) in [4.78, 5) is 12.1. The first-order chi connectivity index (χ1) is 11.8. The molecule has 0 unspecified atom stereocenters. The van der Waals surface area contributed by atoms with Crippen molar-refractivity contribution in [1.82, 2.24) is 0 Å². The summed E-state index contributed by atoms with van der Waals surface area (Å²) in [6.45, 7) is 2.27. The number of esters is 1. The Balaban J connectivity index is 1.88. The second kappa shape index (κ2) is 10.4. The SMILES string of the molecule is CCOC(=O)C(=CCCc1ccccc1)CCCc1ccccc1. The Labute approximate surface area is 145 Å². The Hall–Kier alpha value is -2.35. The molecule has 0 heterocycles. The van der Waals surface area contributed by atoms with E-state index in [1.807, 2.05) is 31.2 Å². The third-order valence-electron chi connectivity index (χ3n) is 3.96. The highest BCUT2D eigenvalue weighted by molar-refractivity contribution is 5.88. The van der Waals surface area contributed by atoms with Gasteiger partial charge in [-0.2, -0.15) is 0 Å². The molecule has 0 saturated carbocycles. The van der Waals surface area contributed by atoms with Crippen LogP contribution in [0, 0.1) is 0 Å². The summed E-state index contributed by atoms with van der Waals surface area (Å²) in [5.41, 5.74) is 3.41. The van der Waals surface area contributed by atoms with E-state index < -0.39 is 0 Å². The van der Waals surface area contributed by atoms with Gasteiger partial charge in [0.15, 0.2) is 0 Å². The standard InChI is InChI=1S/C22H26O2/c1-2-24-22(23)21(17-9-15-19-11-5-3-6-12-19)18-10-16-20-13-7-4-8-14-20/h3-8,11-14,17H,2,9-10,15-16,18H2,1H3. The molecular formula is C22H26O2. The Morgan fingerprint density at radius 3 is 2.08 bits per heavy atom. The van der Waals surface area contributed by atoms with E-state index in [1.165, 1.54) is 11.1 Å². The maximum absolute atomic E-state index is 12.1. The third kappa shape index (κ3) is 6.41. The number of hydrogen-bond acceptors (Lipinski definition) is 2. The van der Waals surface area contributed by atoms with Crippen LogP contribution in [0.3, 0.4) is 0 Å². The van der Waals surface area contributed by atoms with Gasteiger partial charge in [0.25, 0.3) is 0 Å².